The minimum Gasteiger partial charge on any atom is 0 e. The van der Waals surface area contributed by atoms with Gasteiger partial charge in [0, 0.05) is 128 Å². The molecular weight excluding hydrogens is 340 g/mol. The summed E-state index contributed by atoms with van der Waals surface area (Å²) in [6.45, 7) is 0. The van der Waals surface area contributed by atoms with Crippen LogP contribution in [0.4, 0.5) is 0 Å². The molecule has 0 aliphatic rings. The second-order valence-electron chi connectivity index (χ2n) is 0. The Labute approximate surface area is 124 Å². The Kier molecular flexibility index (Phi) is 95.7. The van der Waals surface area contributed by atoms with Gasteiger partial charge >= 0.3 is 0 Å². The zero-order valence-electron chi connectivity index (χ0n) is 2.10. The van der Waals surface area contributed by atoms with Crippen LogP contribution in [0.15, 0.2) is 0 Å². The van der Waals surface area contributed by atoms with Crippen LogP contribution < -0.4 is 0 Å². The Morgan fingerprint density at radius 2 is 1.00 bits per heavy atom. The van der Waals surface area contributed by atoms with Crippen molar-refractivity contribution >= 4 is 94.4 Å². The average molecular weight is 340 g/mol. The maximum Gasteiger partial charge on any atom is 0 e. The molecule has 0 atom stereocenters. The molecule has 0 saturated heterocycles. The summed E-state index contributed by atoms with van der Waals surface area (Å²) in [6, 6.07) is 0. The van der Waals surface area contributed by atoms with Gasteiger partial charge in [-0.05, 0) is 0 Å². The first-order valence-corrected chi connectivity index (χ1v) is 0. The SMILES string of the molecule is [Ba].[Co].[Fe].[Sr]. The molecule has 0 heterocycles. The van der Waals surface area contributed by atoms with Crippen LogP contribution >= 0.6 is 0 Å². The van der Waals surface area contributed by atoms with E-state index >= 15 is 0 Å². The molecule has 4 heavy (non-hydrogen) atoms. The zero-order chi connectivity index (χ0) is 0. The first kappa shape index (κ1) is 24.3. The summed E-state index contributed by atoms with van der Waals surface area (Å²) in [5, 5.41) is 0. The Hall–Kier alpha value is 4.08. The van der Waals surface area contributed by atoms with Crippen LogP contribution in [0.3, 0.4) is 0 Å². The molecule has 0 aromatic heterocycles. The fourth-order valence-corrected chi connectivity index (χ4v) is 0. The summed E-state index contributed by atoms with van der Waals surface area (Å²) in [5.74, 6) is 0. The Balaban J connectivity index is 0. The summed E-state index contributed by atoms with van der Waals surface area (Å²) in [5.41, 5.74) is 0. The first-order valence-electron chi connectivity index (χ1n) is 0. The summed E-state index contributed by atoms with van der Waals surface area (Å²) in [4.78, 5) is 0. The molecule has 0 aliphatic carbocycles. The van der Waals surface area contributed by atoms with Crippen molar-refractivity contribution in [3.8, 4) is 0 Å². The summed E-state index contributed by atoms with van der Waals surface area (Å²) in [7, 11) is 0. The molecule has 0 aromatic carbocycles. The topological polar surface area (TPSA) is 0 Å². The van der Waals surface area contributed by atoms with E-state index in [4.69, 9.17) is 0 Å². The van der Waals surface area contributed by atoms with Crippen molar-refractivity contribution < 1.29 is 33.8 Å². The molecule has 0 unspecified atom stereocenters. The quantitative estimate of drug-likeness (QED) is 0.509. The predicted octanol–water partition coefficient (Wildman–Crippen LogP) is -0.767. The average Bonchev–Trinajstić information content (AvgIpc) is 0. The molecule has 0 amide bonds. The van der Waals surface area contributed by atoms with Crippen molar-refractivity contribution in [1.82, 2.24) is 0 Å². The second kappa shape index (κ2) is 15.7. The molecule has 0 nitrogen and oxygen atoms in total. The minimum absolute atomic E-state index is 0. The molecule has 0 aromatic rings. The smallest absolute Gasteiger partial charge is 0 e. The molecule has 0 aliphatic heterocycles. The van der Waals surface area contributed by atoms with Gasteiger partial charge in [0.1, 0.15) is 0 Å². The van der Waals surface area contributed by atoms with Crippen molar-refractivity contribution in [2.75, 3.05) is 0 Å². The number of hydrogen-bond donors (Lipinski definition) is 0. The van der Waals surface area contributed by atoms with Crippen molar-refractivity contribution in [1.29, 1.82) is 0 Å². The van der Waals surface area contributed by atoms with Crippen LogP contribution in [0.2, 0.25) is 0 Å². The Bertz CT molecular complexity index is 8.00. The van der Waals surface area contributed by atoms with Gasteiger partial charge in [-0.25, -0.2) is 0 Å². The van der Waals surface area contributed by atoms with E-state index in [1.165, 1.54) is 0 Å². The molecule has 4 heteroatoms. The van der Waals surface area contributed by atoms with Gasteiger partial charge in [-0.2, -0.15) is 0 Å². The van der Waals surface area contributed by atoms with E-state index in [1.807, 2.05) is 0 Å². The van der Waals surface area contributed by atoms with Crippen LogP contribution in [0, 0.1) is 0 Å². The summed E-state index contributed by atoms with van der Waals surface area (Å²) in [6.07, 6.45) is 0. The van der Waals surface area contributed by atoms with Crippen LogP contribution in [-0.4, -0.2) is 94.4 Å². The molecule has 0 fully saturated rings. The largest absolute Gasteiger partial charge is 0 e. The maximum absolute atomic E-state index is 0. The summed E-state index contributed by atoms with van der Waals surface area (Å²) >= 11 is 0. The maximum atomic E-state index is 0. The summed E-state index contributed by atoms with van der Waals surface area (Å²) < 4.78 is 0. The van der Waals surface area contributed by atoms with Gasteiger partial charge in [0.2, 0.25) is 0 Å². The molecule has 0 spiro atoms. The van der Waals surface area contributed by atoms with Crippen LogP contribution in [-0.2, 0) is 33.8 Å². The van der Waals surface area contributed by atoms with E-state index in [0.717, 1.165) is 0 Å². The van der Waals surface area contributed by atoms with E-state index in [1.54, 1.807) is 0 Å². The van der Waals surface area contributed by atoms with Crippen molar-refractivity contribution in [3.63, 3.8) is 0 Å². The van der Waals surface area contributed by atoms with E-state index in [-0.39, 0.29) is 128 Å². The van der Waals surface area contributed by atoms with Crippen molar-refractivity contribution in [3.05, 3.63) is 0 Å². The minimum atomic E-state index is 0. The van der Waals surface area contributed by atoms with Gasteiger partial charge in [0.25, 0.3) is 0 Å². The zero-order valence-corrected chi connectivity index (χ0v) is 12.2. The third-order valence-corrected chi connectivity index (χ3v) is 0. The molecule has 0 rings (SSSR count). The van der Waals surface area contributed by atoms with Gasteiger partial charge in [0.05, 0.1) is 0 Å². The molecule has 0 bridgehead atoms. The van der Waals surface area contributed by atoms with E-state index in [9.17, 15) is 0 Å². The van der Waals surface area contributed by atoms with Crippen LogP contribution in [0.5, 0.6) is 0 Å². The second-order valence-corrected chi connectivity index (χ2v) is 0. The third-order valence-electron chi connectivity index (χ3n) is 0. The number of rotatable bonds is 0. The van der Waals surface area contributed by atoms with E-state index in [2.05, 4.69) is 0 Å². The monoisotopic (exact) mass is 341 g/mol. The van der Waals surface area contributed by atoms with E-state index < -0.39 is 0 Å². The molecule has 5 radical (unpaired) electrons. The number of hydrogen-bond acceptors (Lipinski definition) is 0. The normalized spacial score (nSPS) is 0. The predicted molar refractivity (Wildman–Crippen MR) is 11.5 cm³/mol. The van der Waals surface area contributed by atoms with Crippen LogP contribution in [0.25, 0.3) is 0 Å². The molecular formula is BaCoFeSr. The van der Waals surface area contributed by atoms with Gasteiger partial charge < -0.3 is 0 Å². The van der Waals surface area contributed by atoms with Crippen molar-refractivity contribution in [2.45, 2.75) is 0 Å². The van der Waals surface area contributed by atoms with Gasteiger partial charge in [-0.3, -0.25) is 0 Å². The van der Waals surface area contributed by atoms with Crippen molar-refractivity contribution in [2.24, 2.45) is 0 Å². The fourth-order valence-electron chi connectivity index (χ4n) is 0. The standard InChI is InChI=1S/Ba.Co.Fe.Sr. The third kappa shape index (κ3) is 9.42. The molecule has 0 saturated carbocycles. The molecule has 21 valence electrons. The van der Waals surface area contributed by atoms with Gasteiger partial charge in [-0.15, -0.1) is 0 Å². The Morgan fingerprint density at radius 1 is 1.00 bits per heavy atom. The first-order chi connectivity index (χ1) is 0. The molecule has 0 N–H and O–H groups in total. The van der Waals surface area contributed by atoms with Gasteiger partial charge in [0.15, 0.2) is 0 Å². The Morgan fingerprint density at radius 3 is 1.00 bits per heavy atom. The van der Waals surface area contributed by atoms with Crippen LogP contribution in [0.1, 0.15) is 0 Å². The fraction of sp³-hybridized carbons (Fsp3) is 0. The van der Waals surface area contributed by atoms with Gasteiger partial charge in [-0.1, -0.05) is 0 Å². The van der Waals surface area contributed by atoms with E-state index in [0.29, 0.717) is 0 Å².